The molecule has 2 heterocycles. The number of hydrogen-bond donors (Lipinski definition) is 1. The quantitative estimate of drug-likeness (QED) is 0.616. The molecular formula is C26H33F2N3. The van der Waals surface area contributed by atoms with Crippen molar-refractivity contribution in [3.05, 3.63) is 95.0 Å². The highest BCUT2D eigenvalue weighted by Gasteiger charge is 2.26. The van der Waals surface area contributed by atoms with E-state index in [9.17, 15) is 8.78 Å². The van der Waals surface area contributed by atoms with E-state index in [0.717, 1.165) is 41.9 Å². The summed E-state index contributed by atoms with van der Waals surface area (Å²) in [6.45, 7) is 18.0. The summed E-state index contributed by atoms with van der Waals surface area (Å²) in [5, 5.41) is 3.11. The molecule has 1 atom stereocenters. The van der Waals surface area contributed by atoms with Crippen LogP contribution in [-0.4, -0.2) is 36.0 Å². The van der Waals surface area contributed by atoms with E-state index in [2.05, 4.69) is 41.9 Å². The predicted molar refractivity (Wildman–Crippen MR) is 124 cm³/mol. The molecule has 3 nitrogen and oxygen atoms in total. The first-order valence-electron chi connectivity index (χ1n) is 10.8. The third kappa shape index (κ3) is 4.82. The first-order valence-corrected chi connectivity index (χ1v) is 10.8. The van der Waals surface area contributed by atoms with Crippen LogP contribution in [0.1, 0.15) is 37.3 Å². The summed E-state index contributed by atoms with van der Waals surface area (Å²) in [5.74, 6) is -1.09. The first kappa shape index (κ1) is 23.0. The Morgan fingerprint density at radius 2 is 2.00 bits per heavy atom. The number of nitrogens with one attached hydrogen (secondary N) is 1. The summed E-state index contributed by atoms with van der Waals surface area (Å²) in [6.07, 6.45) is 7.53. The molecule has 0 aromatic heterocycles. The molecule has 1 fully saturated rings. The minimum absolute atomic E-state index is 0.0166. The van der Waals surface area contributed by atoms with Gasteiger partial charge in [0.25, 0.3) is 0 Å². The van der Waals surface area contributed by atoms with Gasteiger partial charge >= 0.3 is 0 Å². The van der Waals surface area contributed by atoms with E-state index in [1.165, 1.54) is 25.0 Å². The number of halogens is 2. The van der Waals surface area contributed by atoms with Crippen molar-refractivity contribution in [1.82, 2.24) is 15.1 Å². The van der Waals surface area contributed by atoms with Crippen LogP contribution in [0.2, 0.25) is 0 Å². The second-order valence-electron chi connectivity index (χ2n) is 8.51. The van der Waals surface area contributed by atoms with Crippen molar-refractivity contribution in [2.45, 2.75) is 45.7 Å². The van der Waals surface area contributed by atoms with Crippen molar-refractivity contribution in [3.63, 3.8) is 0 Å². The highest BCUT2D eigenvalue weighted by Crippen LogP contribution is 2.33. The van der Waals surface area contributed by atoms with Crippen LogP contribution in [-0.2, 0) is 6.54 Å². The van der Waals surface area contributed by atoms with E-state index in [4.69, 9.17) is 0 Å². The second-order valence-corrected chi connectivity index (χ2v) is 8.51. The summed E-state index contributed by atoms with van der Waals surface area (Å²) >= 11 is 0. The number of piperidine rings is 1. The number of rotatable bonds is 7. The standard InChI is InChI=1S/C26H33F2N3/c1-7-25-19(4)18(3)23(16-31(25)15-21-10-8-9-13-30(21)6)20(5)29-14-22-24(27)12-11-17(2)26(22)28/h7,11-12,16,21,29H,1,3,5,8-10,13-15H2,2,4,6H3. The van der Waals surface area contributed by atoms with E-state index in [1.807, 2.05) is 19.2 Å². The van der Waals surface area contributed by atoms with E-state index < -0.39 is 11.6 Å². The molecule has 1 unspecified atom stereocenters. The van der Waals surface area contributed by atoms with Gasteiger partial charge in [-0.25, -0.2) is 8.78 Å². The van der Waals surface area contributed by atoms with E-state index in [1.54, 1.807) is 6.92 Å². The number of nitrogens with zero attached hydrogens (tertiary/aromatic N) is 2. The molecule has 0 radical (unpaired) electrons. The molecule has 1 aromatic carbocycles. The van der Waals surface area contributed by atoms with Crippen LogP contribution in [0.4, 0.5) is 8.78 Å². The molecule has 0 aliphatic carbocycles. The Morgan fingerprint density at radius 3 is 2.68 bits per heavy atom. The summed E-state index contributed by atoms with van der Waals surface area (Å²) in [5.41, 5.74) is 4.78. The lowest BCUT2D eigenvalue weighted by molar-refractivity contribution is 0.160. The SMILES string of the molecule is C=CC1=C(C)C(=C)C(C(=C)NCc2c(F)ccc(C)c2F)=CN1CC1CCCCN1C. The Kier molecular flexibility index (Phi) is 7.16. The van der Waals surface area contributed by atoms with Gasteiger partial charge in [0, 0.05) is 47.9 Å². The van der Waals surface area contributed by atoms with Gasteiger partial charge in [-0.3, -0.25) is 0 Å². The Labute approximate surface area is 185 Å². The monoisotopic (exact) mass is 425 g/mol. The normalized spacial score (nSPS) is 20.0. The first-order chi connectivity index (χ1) is 14.7. The summed E-state index contributed by atoms with van der Waals surface area (Å²) in [4.78, 5) is 4.62. The Morgan fingerprint density at radius 1 is 1.26 bits per heavy atom. The molecule has 1 aromatic rings. The van der Waals surface area contributed by atoms with Crippen LogP contribution >= 0.6 is 0 Å². The maximum absolute atomic E-state index is 14.4. The van der Waals surface area contributed by atoms with Gasteiger partial charge < -0.3 is 15.1 Å². The van der Waals surface area contributed by atoms with E-state index in [0.29, 0.717) is 17.3 Å². The van der Waals surface area contributed by atoms with Gasteiger partial charge in [0.1, 0.15) is 11.6 Å². The van der Waals surface area contributed by atoms with Gasteiger partial charge in [0.2, 0.25) is 0 Å². The van der Waals surface area contributed by atoms with Crippen LogP contribution in [0.25, 0.3) is 0 Å². The molecule has 166 valence electrons. The summed E-state index contributed by atoms with van der Waals surface area (Å²) in [7, 11) is 2.17. The average molecular weight is 426 g/mol. The molecule has 1 saturated heterocycles. The maximum Gasteiger partial charge on any atom is 0.134 e. The number of benzene rings is 1. The van der Waals surface area contributed by atoms with Crippen molar-refractivity contribution >= 4 is 0 Å². The van der Waals surface area contributed by atoms with Gasteiger partial charge in [0.15, 0.2) is 0 Å². The van der Waals surface area contributed by atoms with Crippen LogP contribution in [0, 0.1) is 18.6 Å². The molecule has 2 aliphatic heterocycles. The van der Waals surface area contributed by atoms with Crippen molar-refractivity contribution in [3.8, 4) is 0 Å². The van der Waals surface area contributed by atoms with Gasteiger partial charge in [0.05, 0.1) is 0 Å². The zero-order chi connectivity index (χ0) is 22.7. The lowest BCUT2D eigenvalue weighted by atomic mass is 9.92. The fraction of sp³-hybridized carbons (Fsp3) is 0.385. The molecule has 0 saturated carbocycles. The maximum atomic E-state index is 14.4. The summed E-state index contributed by atoms with van der Waals surface area (Å²) < 4.78 is 28.5. The lowest BCUT2D eigenvalue weighted by Gasteiger charge is -2.39. The summed E-state index contributed by atoms with van der Waals surface area (Å²) in [6, 6.07) is 3.19. The number of likely N-dealkylation sites (N-methyl/N-ethyl adjacent to an activating group) is 1. The lowest BCUT2D eigenvalue weighted by Crippen LogP contribution is -2.43. The van der Waals surface area contributed by atoms with Gasteiger partial charge in [-0.15, -0.1) is 0 Å². The van der Waals surface area contributed by atoms with Crippen LogP contribution in [0.3, 0.4) is 0 Å². The number of aryl methyl sites for hydroxylation is 1. The molecule has 0 amide bonds. The van der Waals surface area contributed by atoms with Gasteiger partial charge in [-0.2, -0.15) is 0 Å². The Bertz CT molecular complexity index is 958. The van der Waals surface area contributed by atoms with Crippen LogP contribution in [0.5, 0.6) is 0 Å². The van der Waals surface area contributed by atoms with Gasteiger partial charge in [-0.05, 0) is 69.1 Å². The Hall–Kier alpha value is -2.66. The number of allylic oxidation sites excluding steroid dienone is 3. The van der Waals surface area contributed by atoms with Gasteiger partial charge in [-0.1, -0.05) is 32.2 Å². The van der Waals surface area contributed by atoms with Crippen molar-refractivity contribution in [2.24, 2.45) is 0 Å². The molecule has 5 heteroatoms. The smallest absolute Gasteiger partial charge is 0.134 e. The van der Waals surface area contributed by atoms with E-state index in [-0.39, 0.29) is 12.1 Å². The second kappa shape index (κ2) is 9.65. The highest BCUT2D eigenvalue weighted by molar-refractivity contribution is 5.58. The topological polar surface area (TPSA) is 18.5 Å². The largest absolute Gasteiger partial charge is 0.381 e. The van der Waals surface area contributed by atoms with Crippen LogP contribution in [0.15, 0.2) is 72.3 Å². The van der Waals surface area contributed by atoms with Crippen LogP contribution < -0.4 is 5.32 Å². The minimum atomic E-state index is -0.563. The molecule has 0 spiro atoms. The third-order valence-corrected chi connectivity index (χ3v) is 6.46. The third-order valence-electron chi connectivity index (χ3n) is 6.46. The zero-order valence-corrected chi connectivity index (χ0v) is 18.9. The highest BCUT2D eigenvalue weighted by atomic mass is 19.1. The fourth-order valence-corrected chi connectivity index (χ4v) is 4.33. The molecule has 1 N–H and O–H groups in total. The number of hydrogen-bond acceptors (Lipinski definition) is 3. The molecule has 2 aliphatic rings. The number of likely N-dealkylation sites (tertiary alicyclic amines) is 1. The fourth-order valence-electron chi connectivity index (χ4n) is 4.33. The van der Waals surface area contributed by atoms with Crippen molar-refractivity contribution in [2.75, 3.05) is 20.1 Å². The molecule has 3 rings (SSSR count). The molecule has 0 bridgehead atoms. The minimum Gasteiger partial charge on any atom is -0.381 e. The molecular weight excluding hydrogens is 392 g/mol. The van der Waals surface area contributed by atoms with E-state index >= 15 is 0 Å². The Balaban J connectivity index is 1.81. The average Bonchev–Trinajstić information content (AvgIpc) is 2.75. The molecule has 31 heavy (non-hydrogen) atoms. The van der Waals surface area contributed by atoms with Crippen molar-refractivity contribution in [1.29, 1.82) is 0 Å². The zero-order valence-electron chi connectivity index (χ0n) is 18.9. The van der Waals surface area contributed by atoms with Crippen molar-refractivity contribution < 1.29 is 8.78 Å². The predicted octanol–water partition coefficient (Wildman–Crippen LogP) is 5.58.